The molecule has 0 aliphatic carbocycles. The van der Waals surface area contributed by atoms with Gasteiger partial charge in [-0.05, 0) is 30.7 Å². The summed E-state index contributed by atoms with van der Waals surface area (Å²) in [6.07, 6.45) is 4.15. The molecule has 18 heavy (non-hydrogen) atoms. The average molecular weight is 303 g/mol. The number of aryl methyl sites for hydroxylation is 1. The lowest BCUT2D eigenvalue weighted by atomic mass is 10.1. The largest absolute Gasteiger partial charge is 0.496 e. The molecule has 92 valence electrons. The lowest BCUT2D eigenvalue weighted by Crippen LogP contribution is -1.86. The number of rotatable bonds is 3. The van der Waals surface area contributed by atoms with Crippen molar-refractivity contribution >= 4 is 28.1 Å². The highest BCUT2D eigenvalue weighted by molar-refractivity contribution is 9.10. The van der Waals surface area contributed by atoms with Crippen LogP contribution < -0.4 is 4.74 Å². The van der Waals surface area contributed by atoms with Gasteiger partial charge in [-0.2, -0.15) is 0 Å². The second-order valence-electron chi connectivity index (χ2n) is 4.13. The van der Waals surface area contributed by atoms with E-state index < -0.39 is 0 Å². The maximum absolute atomic E-state index is 5.34. The van der Waals surface area contributed by atoms with Gasteiger partial charge in [0.15, 0.2) is 0 Å². The molecule has 0 unspecified atom stereocenters. The fourth-order valence-corrected chi connectivity index (χ4v) is 2.08. The maximum atomic E-state index is 5.34. The minimum Gasteiger partial charge on any atom is -0.496 e. The topological polar surface area (TPSA) is 9.23 Å². The molecule has 0 aliphatic heterocycles. The summed E-state index contributed by atoms with van der Waals surface area (Å²) in [5.41, 5.74) is 3.52. The summed E-state index contributed by atoms with van der Waals surface area (Å²) in [5, 5.41) is 0. The van der Waals surface area contributed by atoms with Gasteiger partial charge in [-0.15, -0.1) is 0 Å². The van der Waals surface area contributed by atoms with E-state index in [1.54, 1.807) is 7.11 Å². The predicted molar refractivity (Wildman–Crippen MR) is 80.8 cm³/mol. The molecule has 2 heteroatoms. The second kappa shape index (κ2) is 5.87. The maximum Gasteiger partial charge on any atom is 0.126 e. The molecule has 0 N–H and O–H groups in total. The van der Waals surface area contributed by atoms with Crippen LogP contribution in [0.25, 0.3) is 12.2 Å². The Balaban J connectivity index is 2.27. The van der Waals surface area contributed by atoms with E-state index in [0.717, 1.165) is 15.8 Å². The van der Waals surface area contributed by atoms with Crippen molar-refractivity contribution in [2.45, 2.75) is 6.92 Å². The second-order valence-corrected chi connectivity index (χ2v) is 5.05. The van der Waals surface area contributed by atoms with Crippen LogP contribution in [0, 0.1) is 6.92 Å². The van der Waals surface area contributed by atoms with Crippen LogP contribution in [0.1, 0.15) is 16.7 Å². The Morgan fingerprint density at radius 1 is 1.00 bits per heavy atom. The van der Waals surface area contributed by atoms with E-state index in [1.807, 2.05) is 18.2 Å². The van der Waals surface area contributed by atoms with Gasteiger partial charge in [0.25, 0.3) is 0 Å². The summed E-state index contributed by atoms with van der Waals surface area (Å²) in [6.45, 7) is 2.09. The monoisotopic (exact) mass is 302 g/mol. The normalized spacial score (nSPS) is 10.8. The van der Waals surface area contributed by atoms with E-state index >= 15 is 0 Å². The summed E-state index contributed by atoms with van der Waals surface area (Å²) in [4.78, 5) is 0. The third kappa shape index (κ3) is 3.23. The molecule has 0 saturated heterocycles. The van der Waals surface area contributed by atoms with Gasteiger partial charge in [-0.1, -0.05) is 57.9 Å². The smallest absolute Gasteiger partial charge is 0.126 e. The van der Waals surface area contributed by atoms with Crippen molar-refractivity contribution in [1.29, 1.82) is 0 Å². The molecule has 1 nitrogen and oxygen atoms in total. The fraction of sp³-hybridized carbons (Fsp3) is 0.125. The Morgan fingerprint density at radius 3 is 2.39 bits per heavy atom. The molecule has 2 rings (SSSR count). The minimum absolute atomic E-state index is 0.876. The molecule has 0 saturated carbocycles. The van der Waals surface area contributed by atoms with Crippen LogP contribution in [0.4, 0.5) is 0 Å². The van der Waals surface area contributed by atoms with Crippen molar-refractivity contribution in [2.75, 3.05) is 7.11 Å². The van der Waals surface area contributed by atoms with Gasteiger partial charge >= 0.3 is 0 Å². The molecular weight excluding hydrogens is 288 g/mol. The first-order valence-electron chi connectivity index (χ1n) is 5.77. The molecule has 0 heterocycles. The van der Waals surface area contributed by atoms with Gasteiger partial charge in [0.1, 0.15) is 5.75 Å². The Labute approximate surface area is 116 Å². The molecule has 0 aromatic heterocycles. The van der Waals surface area contributed by atoms with Gasteiger partial charge in [0, 0.05) is 10.0 Å². The van der Waals surface area contributed by atoms with Crippen LogP contribution >= 0.6 is 15.9 Å². The number of hydrogen-bond donors (Lipinski definition) is 0. The third-order valence-electron chi connectivity index (χ3n) is 2.72. The van der Waals surface area contributed by atoms with Crippen LogP contribution in [0.15, 0.2) is 46.9 Å². The summed E-state index contributed by atoms with van der Waals surface area (Å²) in [6, 6.07) is 14.4. The van der Waals surface area contributed by atoms with E-state index in [1.165, 1.54) is 11.1 Å². The molecule has 0 radical (unpaired) electrons. The van der Waals surface area contributed by atoms with E-state index in [9.17, 15) is 0 Å². The first-order valence-corrected chi connectivity index (χ1v) is 6.56. The Kier molecular flexibility index (Phi) is 4.21. The predicted octanol–water partition coefficient (Wildman–Crippen LogP) is 4.94. The Bertz CT molecular complexity index is 556. The van der Waals surface area contributed by atoms with Gasteiger partial charge in [-0.3, -0.25) is 0 Å². The first-order chi connectivity index (χ1) is 8.69. The van der Waals surface area contributed by atoms with E-state index in [4.69, 9.17) is 4.74 Å². The summed E-state index contributed by atoms with van der Waals surface area (Å²) in [7, 11) is 1.69. The molecule has 2 aromatic rings. The molecule has 0 atom stereocenters. The summed E-state index contributed by atoms with van der Waals surface area (Å²) < 4.78 is 6.38. The molecule has 2 aromatic carbocycles. The van der Waals surface area contributed by atoms with Crippen LogP contribution in [0.5, 0.6) is 5.75 Å². The highest BCUT2D eigenvalue weighted by Gasteiger charge is 1.99. The Morgan fingerprint density at radius 2 is 1.72 bits per heavy atom. The average Bonchev–Trinajstić information content (AvgIpc) is 2.38. The summed E-state index contributed by atoms with van der Waals surface area (Å²) >= 11 is 3.47. The number of benzene rings is 2. The highest BCUT2D eigenvalue weighted by atomic mass is 79.9. The fourth-order valence-electron chi connectivity index (χ4n) is 1.70. The molecule has 0 aliphatic rings. The zero-order valence-electron chi connectivity index (χ0n) is 10.5. The van der Waals surface area contributed by atoms with E-state index in [-0.39, 0.29) is 0 Å². The van der Waals surface area contributed by atoms with Crippen LogP contribution in [-0.4, -0.2) is 7.11 Å². The molecule has 0 amide bonds. The van der Waals surface area contributed by atoms with E-state index in [2.05, 4.69) is 59.3 Å². The molecular formula is C16H15BrO. The van der Waals surface area contributed by atoms with Crippen molar-refractivity contribution in [2.24, 2.45) is 0 Å². The molecule has 0 fully saturated rings. The van der Waals surface area contributed by atoms with Gasteiger partial charge < -0.3 is 4.74 Å². The lowest BCUT2D eigenvalue weighted by molar-refractivity contribution is 0.414. The van der Waals surface area contributed by atoms with Crippen molar-refractivity contribution < 1.29 is 4.74 Å². The van der Waals surface area contributed by atoms with Crippen LogP contribution in [-0.2, 0) is 0 Å². The SMILES string of the molecule is COc1ccc(Br)cc1/C=C/c1ccc(C)cc1. The third-order valence-corrected chi connectivity index (χ3v) is 3.22. The van der Waals surface area contributed by atoms with Crippen molar-refractivity contribution in [3.8, 4) is 5.75 Å². The quantitative estimate of drug-likeness (QED) is 0.730. The molecule has 0 bridgehead atoms. The highest BCUT2D eigenvalue weighted by Crippen LogP contribution is 2.24. The van der Waals surface area contributed by atoms with Crippen molar-refractivity contribution in [3.05, 3.63) is 63.6 Å². The van der Waals surface area contributed by atoms with Crippen molar-refractivity contribution in [3.63, 3.8) is 0 Å². The van der Waals surface area contributed by atoms with Crippen LogP contribution in [0.2, 0.25) is 0 Å². The van der Waals surface area contributed by atoms with Crippen LogP contribution in [0.3, 0.4) is 0 Å². The number of halogens is 1. The van der Waals surface area contributed by atoms with Crippen molar-refractivity contribution in [1.82, 2.24) is 0 Å². The lowest BCUT2D eigenvalue weighted by Gasteiger charge is -2.05. The number of hydrogen-bond acceptors (Lipinski definition) is 1. The molecule has 0 spiro atoms. The van der Waals surface area contributed by atoms with Gasteiger partial charge in [0.2, 0.25) is 0 Å². The first kappa shape index (κ1) is 12.9. The minimum atomic E-state index is 0.876. The summed E-state index contributed by atoms with van der Waals surface area (Å²) in [5.74, 6) is 0.876. The van der Waals surface area contributed by atoms with Gasteiger partial charge in [0.05, 0.1) is 7.11 Å². The standard InChI is InChI=1S/C16H15BrO/c1-12-3-5-13(6-4-12)7-8-14-11-15(17)9-10-16(14)18-2/h3-11H,1-2H3/b8-7+. The number of methoxy groups -OCH3 is 1. The zero-order chi connectivity index (χ0) is 13.0. The van der Waals surface area contributed by atoms with E-state index in [0.29, 0.717) is 0 Å². The zero-order valence-corrected chi connectivity index (χ0v) is 12.1. The van der Waals surface area contributed by atoms with Gasteiger partial charge in [-0.25, -0.2) is 0 Å². The number of ether oxygens (including phenoxy) is 1. The Hall–Kier alpha value is -1.54.